The first-order chi connectivity index (χ1) is 10.8. The number of carbonyl (C=O) groups excluding carboxylic acids is 1. The molecule has 3 N–H and O–H groups in total. The van der Waals surface area contributed by atoms with E-state index in [9.17, 15) is 23.1 Å². The molecule has 0 saturated carbocycles. The highest BCUT2D eigenvalue weighted by Crippen LogP contribution is 2.37. The van der Waals surface area contributed by atoms with Crippen molar-refractivity contribution in [2.75, 3.05) is 18.5 Å². The summed E-state index contributed by atoms with van der Waals surface area (Å²) in [6.07, 6.45) is -4.12. The third-order valence-corrected chi connectivity index (χ3v) is 2.98. The van der Waals surface area contributed by atoms with Crippen molar-refractivity contribution in [2.24, 2.45) is 0 Å². The molecular weight excluding hydrogens is 313 g/mol. The first kappa shape index (κ1) is 19.1. The number of ether oxygens (including phenoxy) is 1. The number of hydrogen-bond acceptors (Lipinski definition) is 3. The highest BCUT2D eigenvalue weighted by atomic mass is 19.4. The topological polar surface area (TPSA) is 70.6 Å². The van der Waals surface area contributed by atoms with E-state index < -0.39 is 23.9 Å². The molecule has 0 aliphatic rings. The summed E-state index contributed by atoms with van der Waals surface area (Å²) in [4.78, 5) is 11.7. The quantitative estimate of drug-likeness (QED) is 0.716. The van der Waals surface area contributed by atoms with Gasteiger partial charge in [-0.15, -0.1) is 0 Å². The molecule has 23 heavy (non-hydrogen) atoms. The monoisotopic (exact) mass is 334 g/mol. The number of carbonyl (C=O) groups is 1. The molecule has 0 spiro atoms. The SMILES string of the molecule is CCCC(O)CNC(=O)Nc1ccc(OCC)cc1C(F)(F)F. The first-order valence-corrected chi connectivity index (χ1v) is 7.34. The number of nitrogens with one attached hydrogen (secondary N) is 2. The van der Waals surface area contributed by atoms with E-state index in [0.29, 0.717) is 6.42 Å². The average Bonchev–Trinajstić information content (AvgIpc) is 2.46. The van der Waals surface area contributed by atoms with Crippen LogP contribution < -0.4 is 15.4 Å². The predicted molar refractivity (Wildman–Crippen MR) is 80.5 cm³/mol. The molecule has 1 unspecified atom stereocenters. The van der Waals surface area contributed by atoms with E-state index in [-0.39, 0.29) is 24.6 Å². The number of amides is 2. The van der Waals surface area contributed by atoms with E-state index in [1.165, 1.54) is 6.07 Å². The molecule has 2 amide bonds. The second kappa shape index (κ2) is 8.61. The second-order valence-corrected chi connectivity index (χ2v) is 4.92. The number of hydrogen-bond donors (Lipinski definition) is 3. The minimum Gasteiger partial charge on any atom is -0.494 e. The van der Waals surface area contributed by atoms with Crippen LogP contribution in [0.4, 0.5) is 23.7 Å². The van der Waals surface area contributed by atoms with Gasteiger partial charge in [0.1, 0.15) is 5.75 Å². The third-order valence-electron chi connectivity index (χ3n) is 2.98. The van der Waals surface area contributed by atoms with Gasteiger partial charge < -0.3 is 20.5 Å². The van der Waals surface area contributed by atoms with E-state index >= 15 is 0 Å². The molecule has 0 radical (unpaired) electrons. The molecule has 0 heterocycles. The highest BCUT2D eigenvalue weighted by Gasteiger charge is 2.34. The third kappa shape index (κ3) is 6.35. The van der Waals surface area contributed by atoms with Crippen LogP contribution in [0, 0.1) is 0 Å². The van der Waals surface area contributed by atoms with E-state index in [2.05, 4.69) is 10.6 Å². The summed E-state index contributed by atoms with van der Waals surface area (Å²) in [7, 11) is 0. The largest absolute Gasteiger partial charge is 0.494 e. The number of benzene rings is 1. The summed E-state index contributed by atoms with van der Waals surface area (Å²) in [5.41, 5.74) is -1.36. The maximum atomic E-state index is 13.1. The van der Waals surface area contributed by atoms with Crippen LogP contribution in [0.15, 0.2) is 18.2 Å². The van der Waals surface area contributed by atoms with E-state index in [0.717, 1.165) is 18.6 Å². The Morgan fingerprint density at radius 1 is 1.35 bits per heavy atom. The van der Waals surface area contributed by atoms with Gasteiger partial charge in [0.05, 0.1) is 24.0 Å². The van der Waals surface area contributed by atoms with Crippen LogP contribution in [0.2, 0.25) is 0 Å². The number of alkyl halides is 3. The molecule has 0 aliphatic carbocycles. The van der Waals surface area contributed by atoms with Crippen molar-refractivity contribution in [1.82, 2.24) is 5.32 Å². The minimum atomic E-state index is -4.63. The maximum absolute atomic E-state index is 13.1. The van der Waals surface area contributed by atoms with Gasteiger partial charge in [0.25, 0.3) is 0 Å². The Hall–Kier alpha value is -1.96. The van der Waals surface area contributed by atoms with Crippen LogP contribution in [0.1, 0.15) is 32.3 Å². The van der Waals surface area contributed by atoms with Gasteiger partial charge in [-0.2, -0.15) is 13.2 Å². The van der Waals surface area contributed by atoms with Gasteiger partial charge in [0.2, 0.25) is 0 Å². The molecule has 0 saturated heterocycles. The minimum absolute atomic E-state index is 0.0297. The lowest BCUT2D eigenvalue weighted by molar-refractivity contribution is -0.137. The van der Waals surface area contributed by atoms with Gasteiger partial charge in [-0.1, -0.05) is 13.3 Å². The average molecular weight is 334 g/mol. The molecule has 0 fully saturated rings. The molecule has 8 heteroatoms. The lowest BCUT2D eigenvalue weighted by Crippen LogP contribution is -2.35. The number of halogens is 3. The molecule has 1 aromatic rings. The van der Waals surface area contributed by atoms with Crippen molar-refractivity contribution in [1.29, 1.82) is 0 Å². The van der Waals surface area contributed by atoms with Crippen molar-refractivity contribution >= 4 is 11.7 Å². The first-order valence-electron chi connectivity index (χ1n) is 7.34. The Morgan fingerprint density at radius 3 is 2.61 bits per heavy atom. The highest BCUT2D eigenvalue weighted by molar-refractivity contribution is 5.90. The van der Waals surface area contributed by atoms with Crippen LogP contribution in [-0.4, -0.2) is 30.4 Å². The fourth-order valence-corrected chi connectivity index (χ4v) is 1.94. The summed E-state index contributed by atoms with van der Waals surface area (Å²) >= 11 is 0. The zero-order chi connectivity index (χ0) is 17.5. The smallest absolute Gasteiger partial charge is 0.418 e. The van der Waals surface area contributed by atoms with Crippen LogP contribution in [0.25, 0.3) is 0 Å². The lowest BCUT2D eigenvalue weighted by atomic mass is 10.1. The van der Waals surface area contributed by atoms with E-state index in [1.54, 1.807) is 6.92 Å². The molecular formula is C15H21F3N2O3. The molecule has 1 atom stereocenters. The van der Waals surface area contributed by atoms with Crippen LogP contribution >= 0.6 is 0 Å². The molecule has 5 nitrogen and oxygen atoms in total. The Labute approximate surface area is 132 Å². The Balaban J connectivity index is 2.80. The van der Waals surface area contributed by atoms with Gasteiger partial charge in [0, 0.05) is 6.54 Å². The standard InChI is InChI=1S/C15H21F3N2O3/c1-3-5-10(21)9-19-14(22)20-13-7-6-11(23-4-2)8-12(13)15(16,17)18/h6-8,10,21H,3-5,9H2,1-2H3,(H2,19,20,22). The fourth-order valence-electron chi connectivity index (χ4n) is 1.94. The van der Waals surface area contributed by atoms with Crippen molar-refractivity contribution in [3.8, 4) is 5.75 Å². The van der Waals surface area contributed by atoms with Gasteiger partial charge in [-0.3, -0.25) is 0 Å². The van der Waals surface area contributed by atoms with Gasteiger partial charge in [-0.25, -0.2) is 4.79 Å². The summed E-state index contributed by atoms with van der Waals surface area (Å²) in [5, 5.41) is 14.0. The van der Waals surface area contributed by atoms with Crippen LogP contribution in [0.5, 0.6) is 5.75 Å². The van der Waals surface area contributed by atoms with Crippen molar-refractivity contribution in [2.45, 2.75) is 39.0 Å². The van der Waals surface area contributed by atoms with E-state index in [4.69, 9.17) is 4.74 Å². The number of urea groups is 1. The fraction of sp³-hybridized carbons (Fsp3) is 0.533. The molecule has 1 rings (SSSR count). The summed E-state index contributed by atoms with van der Waals surface area (Å²) in [6, 6.07) is 2.51. The molecule has 1 aromatic carbocycles. The van der Waals surface area contributed by atoms with Gasteiger partial charge in [0.15, 0.2) is 0 Å². The van der Waals surface area contributed by atoms with Crippen LogP contribution in [0.3, 0.4) is 0 Å². The predicted octanol–water partition coefficient (Wildman–Crippen LogP) is 3.39. The Bertz CT molecular complexity index is 521. The Kier molecular flexibility index (Phi) is 7.15. The molecule has 0 bridgehead atoms. The molecule has 0 aliphatic heterocycles. The summed E-state index contributed by atoms with van der Waals surface area (Å²) in [5.74, 6) is 0.0733. The molecule has 0 aromatic heterocycles. The van der Waals surface area contributed by atoms with Gasteiger partial charge >= 0.3 is 12.2 Å². The number of rotatable bonds is 7. The van der Waals surface area contributed by atoms with E-state index in [1.807, 2.05) is 6.92 Å². The van der Waals surface area contributed by atoms with Gasteiger partial charge in [-0.05, 0) is 31.5 Å². The summed E-state index contributed by atoms with van der Waals surface area (Å²) in [6.45, 7) is 3.74. The second-order valence-electron chi connectivity index (χ2n) is 4.92. The van der Waals surface area contributed by atoms with Crippen molar-refractivity contribution in [3.63, 3.8) is 0 Å². The van der Waals surface area contributed by atoms with Crippen molar-refractivity contribution < 1.29 is 27.8 Å². The zero-order valence-electron chi connectivity index (χ0n) is 13.0. The van der Waals surface area contributed by atoms with Crippen molar-refractivity contribution in [3.05, 3.63) is 23.8 Å². The number of aliphatic hydroxyl groups excluding tert-OH is 1. The molecule has 130 valence electrons. The Morgan fingerprint density at radius 2 is 2.04 bits per heavy atom. The zero-order valence-corrected chi connectivity index (χ0v) is 13.0. The van der Waals surface area contributed by atoms with Crippen LogP contribution in [-0.2, 0) is 6.18 Å². The maximum Gasteiger partial charge on any atom is 0.418 e. The number of anilines is 1. The number of aliphatic hydroxyl groups is 1. The summed E-state index contributed by atoms with van der Waals surface area (Å²) < 4.78 is 44.2. The normalized spacial score (nSPS) is 12.6. The lowest BCUT2D eigenvalue weighted by Gasteiger charge is -2.16.